The fourth-order valence-electron chi connectivity index (χ4n) is 3.15. The highest BCUT2D eigenvalue weighted by Gasteiger charge is 2.30. The molecule has 2 heterocycles. The van der Waals surface area contributed by atoms with Crippen molar-refractivity contribution >= 4 is 23.8 Å². The van der Waals surface area contributed by atoms with E-state index in [-0.39, 0.29) is 18.2 Å². The lowest BCUT2D eigenvalue weighted by Crippen LogP contribution is -2.22. The SMILES string of the molecule is CCS(=O)(=O)Nc1cncc(-c2nc(-c3cccc(C(F)(F)F)c3)cn2COCC[Si](C)(C)C)c1. The smallest absolute Gasteiger partial charge is 0.361 e. The van der Waals surface area contributed by atoms with Gasteiger partial charge in [-0.2, -0.15) is 13.2 Å². The summed E-state index contributed by atoms with van der Waals surface area (Å²) in [5, 5.41) is 0. The van der Waals surface area contributed by atoms with Crippen LogP contribution in [-0.2, 0) is 27.7 Å². The minimum atomic E-state index is -4.48. The van der Waals surface area contributed by atoms with E-state index in [2.05, 4.69) is 34.3 Å². The van der Waals surface area contributed by atoms with Crippen LogP contribution in [0.1, 0.15) is 12.5 Å². The number of ether oxygens (including phenoxy) is 1. The van der Waals surface area contributed by atoms with E-state index in [4.69, 9.17) is 4.74 Å². The van der Waals surface area contributed by atoms with Crippen LogP contribution in [0.2, 0.25) is 25.7 Å². The maximum atomic E-state index is 13.2. The van der Waals surface area contributed by atoms with Gasteiger partial charge in [0.2, 0.25) is 10.0 Å². The van der Waals surface area contributed by atoms with Crippen LogP contribution in [0.5, 0.6) is 0 Å². The largest absolute Gasteiger partial charge is 0.416 e. The van der Waals surface area contributed by atoms with Crippen LogP contribution in [0.15, 0.2) is 48.9 Å². The van der Waals surface area contributed by atoms with Gasteiger partial charge in [-0.25, -0.2) is 13.4 Å². The van der Waals surface area contributed by atoms with Crippen molar-refractivity contribution in [3.05, 3.63) is 54.5 Å². The van der Waals surface area contributed by atoms with Gasteiger partial charge in [-0.05, 0) is 31.2 Å². The van der Waals surface area contributed by atoms with Crippen molar-refractivity contribution in [3.63, 3.8) is 0 Å². The predicted octanol–water partition coefficient (Wildman–Crippen LogP) is 5.70. The number of sulfonamides is 1. The van der Waals surface area contributed by atoms with Crippen molar-refractivity contribution in [2.75, 3.05) is 17.1 Å². The number of alkyl halides is 3. The number of imidazole rings is 1. The number of anilines is 1. The summed E-state index contributed by atoms with van der Waals surface area (Å²) >= 11 is 0. The molecular formula is C23H29F3N4O3SSi. The van der Waals surface area contributed by atoms with Crippen LogP contribution in [-0.4, -0.2) is 43.4 Å². The van der Waals surface area contributed by atoms with Gasteiger partial charge in [0.1, 0.15) is 12.6 Å². The first-order chi connectivity index (χ1) is 16.3. The zero-order valence-electron chi connectivity index (χ0n) is 20.1. The number of nitrogens with one attached hydrogen (secondary N) is 1. The lowest BCUT2D eigenvalue weighted by Gasteiger charge is -2.16. The third-order valence-corrected chi connectivity index (χ3v) is 8.15. The molecule has 0 aliphatic rings. The summed E-state index contributed by atoms with van der Waals surface area (Å²) in [7, 11) is -4.82. The van der Waals surface area contributed by atoms with Crippen molar-refractivity contribution in [1.82, 2.24) is 14.5 Å². The molecule has 0 bridgehead atoms. The third-order valence-electron chi connectivity index (χ3n) is 5.14. The van der Waals surface area contributed by atoms with Gasteiger partial charge in [0.25, 0.3) is 0 Å². The summed E-state index contributed by atoms with van der Waals surface area (Å²) in [5.74, 6) is 0.298. The Bertz CT molecular complexity index is 1270. The highest BCUT2D eigenvalue weighted by Crippen LogP contribution is 2.33. The van der Waals surface area contributed by atoms with Gasteiger partial charge in [-0.1, -0.05) is 31.8 Å². The van der Waals surface area contributed by atoms with Crippen molar-refractivity contribution in [2.24, 2.45) is 0 Å². The van der Waals surface area contributed by atoms with E-state index in [0.717, 1.165) is 18.2 Å². The van der Waals surface area contributed by atoms with Gasteiger partial charge in [0, 0.05) is 38.2 Å². The number of pyridine rings is 1. The molecule has 7 nitrogen and oxygen atoms in total. The second-order valence-electron chi connectivity index (χ2n) is 9.31. The fraction of sp³-hybridized carbons (Fsp3) is 0.391. The molecule has 0 aliphatic carbocycles. The summed E-state index contributed by atoms with van der Waals surface area (Å²) in [5.41, 5.74) is 0.625. The molecule has 0 amide bonds. The molecule has 1 N–H and O–H groups in total. The molecule has 2 aromatic heterocycles. The molecule has 0 saturated carbocycles. The standard InChI is InChI=1S/C23H29F3N4O3SSi/c1-5-34(31,32)29-20-12-18(13-27-14-20)22-28-21(15-30(22)16-33-9-10-35(2,3)4)17-7-6-8-19(11-17)23(24,25)26/h6-8,11-15,29H,5,9-10,16H2,1-4H3. The van der Waals surface area contributed by atoms with Crippen LogP contribution >= 0.6 is 0 Å². The van der Waals surface area contributed by atoms with Crippen LogP contribution in [0.25, 0.3) is 22.6 Å². The summed E-state index contributed by atoms with van der Waals surface area (Å²) in [6, 6.07) is 7.48. The first kappa shape index (κ1) is 26.9. The minimum absolute atomic E-state index is 0.101. The Kier molecular flexibility index (Phi) is 8.07. The molecule has 0 saturated heterocycles. The molecule has 190 valence electrons. The molecular weight excluding hydrogens is 497 g/mol. The number of nitrogens with zero attached hydrogens (tertiary/aromatic N) is 3. The van der Waals surface area contributed by atoms with E-state index < -0.39 is 29.8 Å². The normalized spacial score (nSPS) is 12.7. The Labute approximate surface area is 204 Å². The summed E-state index contributed by atoms with van der Waals surface area (Å²) in [6.45, 7) is 8.90. The Morgan fingerprint density at radius 1 is 1.11 bits per heavy atom. The minimum Gasteiger partial charge on any atom is -0.361 e. The predicted molar refractivity (Wildman–Crippen MR) is 133 cm³/mol. The molecule has 0 spiro atoms. The topological polar surface area (TPSA) is 86.1 Å². The van der Waals surface area contributed by atoms with Crippen molar-refractivity contribution in [2.45, 2.75) is 45.5 Å². The van der Waals surface area contributed by atoms with Crippen LogP contribution < -0.4 is 4.72 Å². The van der Waals surface area contributed by atoms with Gasteiger partial charge < -0.3 is 9.30 Å². The highest BCUT2D eigenvalue weighted by atomic mass is 32.2. The molecule has 35 heavy (non-hydrogen) atoms. The molecule has 12 heteroatoms. The van der Waals surface area contributed by atoms with Gasteiger partial charge in [0.05, 0.1) is 28.9 Å². The number of rotatable bonds is 10. The molecule has 0 atom stereocenters. The first-order valence-electron chi connectivity index (χ1n) is 11.1. The second-order valence-corrected chi connectivity index (χ2v) is 16.9. The Morgan fingerprint density at radius 2 is 1.86 bits per heavy atom. The zero-order valence-corrected chi connectivity index (χ0v) is 21.9. The summed E-state index contributed by atoms with van der Waals surface area (Å²) in [6.07, 6.45) is 0.0427. The van der Waals surface area contributed by atoms with Gasteiger partial charge >= 0.3 is 6.18 Å². The van der Waals surface area contributed by atoms with Crippen molar-refractivity contribution < 1.29 is 26.3 Å². The zero-order chi connectivity index (χ0) is 25.9. The van der Waals surface area contributed by atoms with E-state index in [9.17, 15) is 21.6 Å². The van der Waals surface area contributed by atoms with E-state index in [1.165, 1.54) is 25.4 Å². The molecule has 0 unspecified atom stereocenters. The summed E-state index contributed by atoms with van der Waals surface area (Å²) < 4.78 is 73.7. The van der Waals surface area contributed by atoms with E-state index >= 15 is 0 Å². The van der Waals surface area contributed by atoms with Crippen LogP contribution in [0.4, 0.5) is 18.9 Å². The first-order valence-corrected chi connectivity index (χ1v) is 16.4. The van der Waals surface area contributed by atoms with Crippen LogP contribution in [0.3, 0.4) is 0 Å². The molecule has 0 fully saturated rings. The quantitative estimate of drug-likeness (QED) is 0.270. The van der Waals surface area contributed by atoms with Crippen molar-refractivity contribution in [3.8, 4) is 22.6 Å². The van der Waals surface area contributed by atoms with Crippen molar-refractivity contribution in [1.29, 1.82) is 0 Å². The maximum Gasteiger partial charge on any atom is 0.416 e. The molecule has 3 aromatic rings. The maximum absolute atomic E-state index is 13.2. The number of halogens is 3. The van der Waals surface area contributed by atoms with E-state index in [1.807, 2.05) is 0 Å². The molecule has 0 radical (unpaired) electrons. The monoisotopic (exact) mass is 526 g/mol. The Hall–Kier alpha value is -2.70. The summed E-state index contributed by atoms with van der Waals surface area (Å²) in [4.78, 5) is 8.68. The van der Waals surface area contributed by atoms with E-state index in [1.54, 1.807) is 22.9 Å². The van der Waals surface area contributed by atoms with Gasteiger partial charge in [-0.15, -0.1) is 0 Å². The highest BCUT2D eigenvalue weighted by molar-refractivity contribution is 7.92. The number of hydrogen-bond acceptors (Lipinski definition) is 5. The fourth-order valence-corrected chi connectivity index (χ4v) is 4.52. The number of aromatic nitrogens is 3. The molecule has 0 aliphatic heterocycles. The molecule has 3 rings (SSSR count). The Balaban J connectivity index is 1.99. The lowest BCUT2D eigenvalue weighted by molar-refractivity contribution is -0.137. The van der Waals surface area contributed by atoms with Gasteiger partial charge in [0.15, 0.2) is 0 Å². The lowest BCUT2D eigenvalue weighted by atomic mass is 10.1. The Morgan fingerprint density at radius 3 is 2.51 bits per heavy atom. The van der Waals surface area contributed by atoms with E-state index in [0.29, 0.717) is 29.3 Å². The third kappa shape index (κ3) is 7.64. The number of benzene rings is 1. The number of hydrogen-bond donors (Lipinski definition) is 1. The molecule has 1 aromatic carbocycles. The average molecular weight is 527 g/mol. The van der Waals surface area contributed by atoms with Gasteiger partial charge in [-0.3, -0.25) is 9.71 Å². The second kappa shape index (κ2) is 10.5. The average Bonchev–Trinajstić information content (AvgIpc) is 3.20. The van der Waals surface area contributed by atoms with Crippen LogP contribution in [0, 0.1) is 0 Å².